The van der Waals surface area contributed by atoms with Crippen molar-refractivity contribution in [3.63, 3.8) is 0 Å². The van der Waals surface area contributed by atoms with Gasteiger partial charge in [-0.2, -0.15) is 5.10 Å². The van der Waals surface area contributed by atoms with E-state index < -0.39 is 0 Å². The maximum atomic E-state index is 13.4. The van der Waals surface area contributed by atoms with Crippen molar-refractivity contribution in [2.45, 2.75) is 38.5 Å². The zero-order valence-corrected chi connectivity index (χ0v) is 20.8. The van der Waals surface area contributed by atoms with Gasteiger partial charge in [0.2, 0.25) is 0 Å². The molecule has 0 spiro atoms. The van der Waals surface area contributed by atoms with Gasteiger partial charge in [-0.15, -0.1) is 0 Å². The van der Waals surface area contributed by atoms with Gasteiger partial charge in [0.25, 0.3) is 5.91 Å². The first kappa shape index (κ1) is 23.0. The molecule has 0 N–H and O–H groups in total. The van der Waals surface area contributed by atoms with Gasteiger partial charge >= 0.3 is 0 Å². The highest BCUT2D eigenvalue weighted by Crippen LogP contribution is 2.34. The summed E-state index contributed by atoms with van der Waals surface area (Å²) in [7, 11) is 3.60. The van der Waals surface area contributed by atoms with E-state index in [0.717, 1.165) is 58.8 Å². The van der Waals surface area contributed by atoms with E-state index in [-0.39, 0.29) is 11.3 Å². The topological polar surface area (TPSA) is 73.1 Å². The molecule has 0 radical (unpaired) electrons. The largest absolute Gasteiger partial charge is 0.496 e. The number of aryl methyl sites for hydroxylation is 2. The van der Waals surface area contributed by atoms with Crippen LogP contribution in [0.1, 0.15) is 52.8 Å². The third kappa shape index (κ3) is 4.38. The first-order valence-corrected chi connectivity index (χ1v) is 12.0. The summed E-state index contributed by atoms with van der Waals surface area (Å²) in [6.07, 6.45) is 4.28. The fourth-order valence-corrected chi connectivity index (χ4v) is 5.14. The van der Waals surface area contributed by atoms with E-state index in [9.17, 15) is 4.79 Å². The average Bonchev–Trinajstić information content (AvgIpc) is 3.17. The fourth-order valence-electron chi connectivity index (χ4n) is 5.14. The lowest BCUT2D eigenvalue weighted by atomic mass is 9.78. The van der Waals surface area contributed by atoms with Gasteiger partial charge in [0.05, 0.1) is 24.1 Å². The summed E-state index contributed by atoms with van der Waals surface area (Å²) in [6, 6.07) is 15.9. The average molecular weight is 470 g/mol. The molecule has 1 amide bonds. The van der Waals surface area contributed by atoms with E-state index in [1.54, 1.807) is 13.3 Å². The Kier molecular flexibility index (Phi) is 6.01. The monoisotopic (exact) mass is 469 g/mol. The summed E-state index contributed by atoms with van der Waals surface area (Å²) in [5.74, 6) is 0.861. The number of carbonyl (C=O) groups excluding carboxylic acids is 1. The predicted octanol–water partition coefficient (Wildman–Crippen LogP) is 4.47. The molecule has 3 aromatic heterocycles. The second-order valence-electron chi connectivity index (χ2n) is 9.69. The Bertz CT molecular complexity index is 1380. The Labute approximate surface area is 205 Å². The molecule has 1 aliphatic heterocycles. The molecular weight excluding hydrogens is 438 g/mol. The van der Waals surface area contributed by atoms with Crippen LogP contribution < -0.4 is 4.74 Å². The van der Waals surface area contributed by atoms with Crippen molar-refractivity contribution in [2.75, 3.05) is 20.2 Å². The van der Waals surface area contributed by atoms with Crippen molar-refractivity contribution in [1.82, 2.24) is 24.6 Å². The standard InChI is InChI=1S/C28H31N5O2/c1-19-23-12-13-25(30-26(23)32(3)31-19)28(2)14-7-15-33(18-28)27(34)21-10-11-22(29-17-21)16-20-8-5-6-9-24(20)35-4/h5-6,8-13,17H,7,14-16,18H2,1-4H3. The van der Waals surface area contributed by atoms with E-state index >= 15 is 0 Å². The number of rotatable bonds is 5. The normalized spacial score (nSPS) is 18.1. The Morgan fingerprint density at radius 2 is 1.97 bits per heavy atom. The number of likely N-dealkylation sites (tertiary alicyclic amines) is 1. The van der Waals surface area contributed by atoms with Crippen LogP contribution in [0.4, 0.5) is 0 Å². The molecule has 1 unspecified atom stereocenters. The summed E-state index contributed by atoms with van der Waals surface area (Å²) in [4.78, 5) is 24.9. The number of aromatic nitrogens is 4. The van der Waals surface area contributed by atoms with Crippen LogP contribution in [-0.2, 0) is 18.9 Å². The first-order valence-electron chi connectivity index (χ1n) is 12.0. The molecule has 4 heterocycles. The summed E-state index contributed by atoms with van der Waals surface area (Å²) >= 11 is 0. The van der Waals surface area contributed by atoms with Crippen LogP contribution in [-0.4, -0.2) is 50.8 Å². The van der Waals surface area contributed by atoms with E-state index in [1.165, 1.54) is 0 Å². The summed E-state index contributed by atoms with van der Waals surface area (Å²) < 4.78 is 7.28. The maximum absolute atomic E-state index is 13.4. The van der Waals surface area contributed by atoms with Crippen LogP contribution in [0.2, 0.25) is 0 Å². The molecule has 7 nitrogen and oxygen atoms in total. The summed E-state index contributed by atoms with van der Waals surface area (Å²) in [5, 5.41) is 5.57. The van der Waals surface area contributed by atoms with Gasteiger partial charge in [-0.3, -0.25) is 14.5 Å². The van der Waals surface area contributed by atoms with Gasteiger partial charge in [0.15, 0.2) is 5.65 Å². The Hall–Kier alpha value is -3.74. The van der Waals surface area contributed by atoms with Crippen molar-refractivity contribution in [3.05, 3.63) is 82.9 Å². The lowest BCUT2D eigenvalue weighted by Crippen LogP contribution is -2.47. The zero-order chi connectivity index (χ0) is 24.6. The van der Waals surface area contributed by atoms with E-state index in [2.05, 4.69) is 29.1 Å². The predicted molar refractivity (Wildman–Crippen MR) is 136 cm³/mol. The van der Waals surface area contributed by atoms with E-state index in [0.29, 0.717) is 18.5 Å². The van der Waals surface area contributed by atoms with Gasteiger partial charge in [-0.05, 0) is 50.1 Å². The van der Waals surface area contributed by atoms with Gasteiger partial charge in [-0.25, -0.2) is 4.98 Å². The molecule has 1 fully saturated rings. The SMILES string of the molecule is COc1ccccc1Cc1ccc(C(=O)N2CCCC(C)(c3ccc4c(C)nn(C)c4n3)C2)cn1. The number of benzene rings is 1. The third-order valence-electron chi connectivity index (χ3n) is 7.11. The third-order valence-corrected chi connectivity index (χ3v) is 7.11. The number of hydrogen-bond acceptors (Lipinski definition) is 5. The number of piperidine rings is 1. The summed E-state index contributed by atoms with van der Waals surface area (Å²) in [6.45, 7) is 5.58. The van der Waals surface area contributed by atoms with Crippen LogP contribution in [0.5, 0.6) is 5.75 Å². The van der Waals surface area contributed by atoms with E-state index in [1.807, 2.05) is 60.0 Å². The number of methoxy groups -OCH3 is 1. The van der Waals surface area contributed by atoms with Crippen molar-refractivity contribution >= 4 is 16.9 Å². The van der Waals surface area contributed by atoms with Gasteiger partial charge < -0.3 is 9.64 Å². The highest BCUT2D eigenvalue weighted by atomic mass is 16.5. The molecule has 1 atom stereocenters. The highest BCUT2D eigenvalue weighted by molar-refractivity contribution is 5.94. The van der Waals surface area contributed by atoms with Crippen LogP contribution in [0.25, 0.3) is 11.0 Å². The molecule has 5 rings (SSSR count). The molecule has 7 heteroatoms. The van der Waals surface area contributed by atoms with Crippen molar-refractivity contribution < 1.29 is 9.53 Å². The molecule has 0 aliphatic carbocycles. The lowest BCUT2D eigenvalue weighted by Gasteiger charge is -2.40. The van der Waals surface area contributed by atoms with Crippen LogP contribution in [0.15, 0.2) is 54.7 Å². The van der Waals surface area contributed by atoms with Gasteiger partial charge in [-0.1, -0.05) is 25.1 Å². The second kappa shape index (κ2) is 9.13. The highest BCUT2D eigenvalue weighted by Gasteiger charge is 2.36. The number of amides is 1. The number of carbonyl (C=O) groups is 1. The summed E-state index contributed by atoms with van der Waals surface area (Å²) in [5.41, 5.74) is 5.25. The first-order chi connectivity index (χ1) is 16.9. The lowest BCUT2D eigenvalue weighted by molar-refractivity contribution is 0.0647. The molecule has 0 bridgehead atoms. The molecular formula is C28H31N5O2. The zero-order valence-electron chi connectivity index (χ0n) is 20.8. The number of ether oxygens (including phenoxy) is 1. The van der Waals surface area contributed by atoms with Crippen molar-refractivity contribution in [3.8, 4) is 5.75 Å². The van der Waals surface area contributed by atoms with Crippen molar-refractivity contribution in [1.29, 1.82) is 0 Å². The van der Waals surface area contributed by atoms with Crippen LogP contribution >= 0.6 is 0 Å². The Morgan fingerprint density at radius 1 is 1.14 bits per heavy atom. The molecule has 0 saturated carbocycles. The quantitative estimate of drug-likeness (QED) is 0.431. The second-order valence-corrected chi connectivity index (χ2v) is 9.69. The van der Waals surface area contributed by atoms with E-state index in [4.69, 9.17) is 9.72 Å². The fraction of sp³-hybridized carbons (Fsp3) is 0.357. The molecule has 180 valence electrons. The van der Waals surface area contributed by atoms with Gasteiger partial charge in [0, 0.05) is 54.8 Å². The number of nitrogens with zero attached hydrogens (tertiary/aromatic N) is 5. The van der Waals surface area contributed by atoms with Crippen LogP contribution in [0, 0.1) is 6.92 Å². The number of fused-ring (bicyclic) bond motifs is 1. The Morgan fingerprint density at radius 3 is 2.74 bits per heavy atom. The molecule has 1 aromatic carbocycles. The van der Waals surface area contributed by atoms with Crippen molar-refractivity contribution in [2.24, 2.45) is 7.05 Å². The molecule has 1 saturated heterocycles. The van der Waals surface area contributed by atoms with Crippen LogP contribution in [0.3, 0.4) is 0 Å². The minimum atomic E-state index is -0.211. The maximum Gasteiger partial charge on any atom is 0.255 e. The smallest absolute Gasteiger partial charge is 0.255 e. The Balaban J connectivity index is 1.33. The van der Waals surface area contributed by atoms with Gasteiger partial charge in [0.1, 0.15) is 5.75 Å². The molecule has 35 heavy (non-hydrogen) atoms. The number of pyridine rings is 2. The molecule has 1 aliphatic rings. The minimum Gasteiger partial charge on any atom is -0.496 e. The number of para-hydroxylation sites is 1. The molecule has 4 aromatic rings. The number of hydrogen-bond donors (Lipinski definition) is 0. The minimum absolute atomic E-state index is 0.0183.